The van der Waals surface area contributed by atoms with Crippen molar-refractivity contribution in [1.82, 2.24) is 14.5 Å². The quantitative estimate of drug-likeness (QED) is 0.429. The van der Waals surface area contributed by atoms with E-state index in [9.17, 15) is 0 Å². The second-order valence-corrected chi connectivity index (χ2v) is 16.2. The van der Waals surface area contributed by atoms with Crippen molar-refractivity contribution in [2.45, 2.75) is 82.8 Å². The normalized spacial score (nSPS) is 25.5. The topological polar surface area (TPSA) is 52.0 Å². The summed E-state index contributed by atoms with van der Waals surface area (Å²) < 4.78 is 9.11. The molecule has 2 aliphatic carbocycles. The van der Waals surface area contributed by atoms with Crippen molar-refractivity contribution in [1.29, 1.82) is 0 Å². The van der Waals surface area contributed by atoms with Gasteiger partial charge in [0.05, 0.1) is 11.4 Å². The number of fused-ring (bicyclic) bond motifs is 2. The van der Waals surface area contributed by atoms with Crippen LogP contribution in [0, 0.1) is 12.8 Å². The lowest BCUT2D eigenvalue weighted by atomic mass is 10.1. The predicted molar refractivity (Wildman–Crippen MR) is 138 cm³/mol. The minimum atomic E-state index is -1.82. The maximum Gasteiger partial charge on any atom is 0.192 e. The molecular weight excluding hydrogens is 424 g/mol. The summed E-state index contributed by atoms with van der Waals surface area (Å²) in [5.41, 5.74) is 3.84. The number of hydrogen-bond acceptors (Lipinski definition) is 4. The summed E-state index contributed by atoms with van der Waals surface area (Å²) in [6.45, 7) is 16.1. The van der Waals surface area contributed by atoms with Gasteiger partial charge in [0.1, 0.15) is 17.8 Å². The molecule has 0 unspecified atom stereocenters. The molecule has 6 heteroatoms. The maximum absolute atomic E-state index is 6.78. The van der Waals surface area contributed by atoms with E-state index in [0.717, 1.165) is 42.5 Å². The average molecular weight is 462 g/mol. The van der Waals surface area contributed by atoms with Crippen molar-refractivity contribution in [2.24, 2.45) is 5.92 Å². The molecule has 33 heavy (non-hydrogen) atoms. The largest absolute Gasteiger partial charge is 0.414 e. The van der Waals surface area contributed by atoms with E-state index in [1.54, 1.807) is 6.33 Å². The van der Waals surface area contributed by atoms with E-state index < -0.39 is 8.32 Å². The van der Waals surface area contributed by atoms with Crippen LogP contribution in [-0.2, 0) is 10.8 Å². The lowest BCUT2D eigenvalue weighted by Gasteiger charge is -2.39. The molecule has 1 N–H and O–H groups in total. The first-order valence-corrected chi connectivity index (χ1v) is 15.2. The molecule has 2 heterocycles. The zero-order valence-corrected chi connectivity index (χ0v) is 21.6. The summed E-state index contributed by atoms with van der Waals surface area (Å²) in [5.74, 6) is 1.23. The molecule has 1 radical (unpaired) electrons. The Kier molecular flexibility index (Phi) is 5.64. The second-order valence-electron chi connectivity index (χ2n) is 11.4. The van der Waals surface area contributed by atoms with Crippen LogP contribution in [0.1, 0.15) is 63.2 Å². The molecule has 0 amide bonds. The van der Waals surface area contributed by atoms with Gasteiger partial charge in [-0.3, -0.25) is 0 Å². The van der Waals surface area contributed by atoms with Gasteiger partial charge in [-0.1, -0.05) is 45.0 Å². The summed E-state index contributed by atoms with van der Waals surface area (Å²) in [4.78, 5) is 9.31. The lowest BCUT2D eigenvalue weighted by Crippen LogP contribution is -2.44. The summed E-state index contributed by atoms with van der Waals surface area (Å²) >= 11 is 0. The third kappa shape index (κ3) is 4.12. The number of nitrogens with zero attached hydrogens (tertiary/aromatic N) is 3. The van der Waals surface area contributed by atoms with Crippen LogP contribution < -0.4 is 5.32 Å². The van der Waals surface area contributed by atoms with Crippen molar-refractivity contribution < 1.29 is 4.43 Å². The number of hydrogen-bond donors (Lipinski definition) is 1. The van der Waals surface area contributed by atoms with Gasteiger partial charge in [-0.2, -0.15) is 0 Å². The van der Waals surface area contributed by atoms with Crippen molar-refractivity contribution in [3.63, 3.8) is 0 Å². The van der Waals surface area contributed by atoms with E-state index in [1.807, 2.05) is 0 Å². The van der Waals surface area contributed by atoms with Crippen LogP contribution >= 0.6 is 0 Å². The van der Waals surface area contributed by atoms with Gasteiger partial charge in [0.25, 0.3) is 0 Å². The van der Waals surface area contributed by atoms with E-state index in [1.165, 1.54) is 11.1 Å². The van der Waals surface area contributed by atoms with Crippen LogP contribution in [0.15, 0.2) is 42.9 Å². The summed E-state index contributed by atoms with van der Waals surface area (Å²) in [6, 6.07) is 11.6. The molecule has 3 aromatic rings. The standard InChI is InChI=1S/C27H37N4OSi/c1-18-15-20(16-24(18)32-33(5,6)27(2,3)4)31-14-13-22-25(28-17-29-26(22)31)30-23-12-11-19-9-7-8-10-21(19)23/h7-10,13-14,17-18,20,23-24H,1,11-12,15-16H2,2-6H3,(H,28,29,30)/t18-,20+,23-,24-/m0/s1. The molecule has 2 aliphatic rings. The van der Waals surface area contributed by atoms with E-state index in [-0.39, 0.29) is 11.1 Å². The lowest BCUT2D eigenvalue weighted by molar-refractivity contribution is 0.156. The Hall–Kier alpha value is -2.18. The minimum absolute atomic E-state index is 0.206. The van der Waals surface area contributed by atoms with E-state index >= 15 is 0 Å². The highest BCUT2D eigenvalue weighted by Crippen LogP contribution is 2.44. The molecule has 4 atom stereocenters. The highest BCUT2D eigenvalue weighted by atomic mass is 28.4. The Morgan fingerprint density at radius 3 is 2.70 bits per heavy atom. The predicted octanol–water partition coefficient (Wildman–Crippen LogP) is 6.71. The molecular formula is C27H37N4OSi. The van der Waals surface area contributed by atoms with Crippen LogP contribution in [0.25, 0.3) is 11.0 Å². The van der Waals surface area contributed by atoms with Crippen molar-refractivity contribution in [2.75, 3.05) is 5.32 Å². The van der Waals surface area contributed by atoms with Gasteiger partial charge in [0.15, 0.2) is 8.32 Å². The van der Waals surface area contributed by atoms with Crippen LogP contribution in [0.2, 0.25) is 18.1 Å². The van der Waals surface area contributed by atoms with Crippen LogP contribution in [-0.4, -0.2) is 29.0 Å². The molecule has 0 bridgehead atoms. The summed E-state index contributed by atoms with van der Waals surface area (Å²) in [5, 5.41) is 5.01. The van der Waals surface area contributed by atoms with Gasteiger partial charge in [-0.25, -0.2) is 9.97 Å². The van der Waals surface area contributed by atoms with Crippen molar-refractivity contribution in [3.05, 3.63) is 60.9 Å². The monoisotopic (exact) mass is 461 g/mol. The molecule has 0 saturated heterocycles. The van der Waals surface area contributed by atoms with Gasteiger partial charge in [-0.05, 0) is 73.9 Å². The SMILES string of the molecule is [CH2][C@H]1C[C@@H](n2ccc3c(N[C@H]4CCc5ccccc54)ncnc32)C[C@@H]1O[Si](C)(C)C(C)(C)C. The molecule has 5 rings (SSSR count). The zero-order valence-electron chi connectivity index (χ0n) is 20.6. The number of nitrogens with one attached hydrogen (secondary N) is 1. The molecule has 1 fully saturated rings. The molecule has 2 aromatic heterocycles. The molecule has 0 spiro atoms. The number of rotatable bonds is 5. The van der Waals surface area contributed by atoms with E-state index in [4.69, 9.17) is 4.43 Å². The minimum Gasteiger partial charge on any atom is -0.414 e. The average Bonchev–Trinajstić information content (AvgIpc) is 3.45. The number of aromatic nitrogens is 3. The number of benzene rings is 1. The molecule has 1 saturated carbocycles. The second kappa shape index (κ2) is 8.24. The van der Waals surface area contributed by atoms with Crippen molar-refractivity contribution in [3.8, 4) is 0 Å². The van der Waals surface area contributed by atoms with Crippen LogP contribution in [0.5, 0.6) is 0 Å². The van der Waals surface area contributed by atoms with Gasteiger partial charge in [0.2, 0.25) is 0 Å². The fourth-order valence-electron chi connectivity index (χ4n) is 5.24. The van der Waals surface area contributed by atoms with E-state index in [2.05, 4.69) is 97.2 Å². The van der Waals surface area contributed by atoms with Gasteiger partial charge >= 0.3 is 0 Å². The first-order chi connectivity index (χ1) is 15.6. The summed E-state index contributed by atoms with van der Waals surface area (Å²) in [6.07, 6.45) is 8.32. The molecule has 175 valence electrons. The van der Waals surface area contributed by atoms with Gasteiger partial charge in [0, 0.05) is 18.3 Å². The third-order valence-corrected chi connectivity index (χ3v) is 12.7. The molecule has 1 aromatic carbocycles. The Labute approximate surface area is 199 Å². The fourth-order valence-corrected chi connectivity index (χ4v) is 6.64. The first-order valence-electron chi connectivity index (χ1n) is 12.3. The maximum atomic E-state index is 6.78. The highest BCUT2D eigenvalue weighted by molar-refractivity contribution is 6.74. The summed E-state index contributed by atoms with van der Waals surface area (Å²) in [7, 11) is -1.82. The Balaban J connectivity index is 1.37. The highest BCUT2D eigenvalue weighted by Gasteiger charge is 2.43. The van der Waals surface area contributed by atoms with Gasteiger partial charge in [-0.15, -0.1) is 0 Å². The van der Waals surface area contributed by atoms with Crippen molar-refractivity contribution >= 4 is 25.2 Å². The van der Waals surface area contributed by atoms with E-state index in [0.29, 0.717) is 18.0 Å². The molecule has 0 aliphatic heterocycles. The van der Waals surface area contributed by atoms with Crippen LogP contribution in [0.3, 0.4) is 0 Å². The third-order valence-electron chi connectivity index (χ3n) is 8.20. The smallest absolute Gasteiger partial charge is 0.192 e. The fraction of sp³-hybridized carbons (Fsp3) is 0.519. The Bertz CT molecular complexity index is 1150. The number of anilines is 1. The Morgan fingerprint density at radius 1 is 1.12 bits per heavy atom. The first kappa shape index (κ1) is 22.6. The Morgan fingerprint density at radius 2 is 1.91 bits per heavy atom. The van der Waals surface area contributed by atoms with Gasteiger partial charge < -0.3 is 14.3 Å². The molecule has 5 nitrogen and oxygen atoms in total. The van der Waals surface area contributed by atoms with Crippen LogP contribution in [0.4, 0.5) is 5.82 Å². The zero-order chi connectivity index (χ0) is 23.4. The number of aryl methyl sites for hydroxylation is 1.